The molecule has 3 heteroatoms. The zero-order chi connectivity index (χ0) is 17.8. The van der Waals surface area contributed by atoms with Crippen LogP contribution in [0.25, 0.3) is 0 Å². The Morgan fingerprint density at radius 1 is 1.12 bits per heavy atom. The van der Waals surface area contributed by atoms with Crippen LogP contribution in [0.5, 0.6) is 5.75 Å². The van der Waals surface area contributed by atoms with E-state index in [1.54, 1.807) is 6.92 Å². The Bertz CT molecular complexity index is 700. The van der Waals surface area contributed by atoms with Crippen LogP contribution in [0.4, 0.5) is 5.69 Å². The van der Waals surface area contributed by atoms with Crippen LogP contribution >= 0.6 is 0 Å². The molecule has 132 valence electrons. The molecule has 3 nitrogen and oxygen atoms in total. The van der Waals surface area contributed by atoms with Gasteiger partial charge in [0.15, 0.2) is 0 Å². The monoisotopic (exact) mass is 337 g/mol. The number of ketones is 1. The summed E-state index contributed by atoms with van der Waals surface area (Å²) in [5.74, 6) is 2.07. The molecule has 0 spiro atoms. The highest BCUT2D eigenvalue weighted by atomic mass is 16.5. The third-order valence-corrected chi connectivity index (χ3v) is 4.96. The number of hydrogen-bond acceptors (Lipinski definition) is 3. The van der Waals surface area contributed by atoms with E-state index in [9.17, 15) is 4.79 Å². The number of anilines is 1. The molecule has 0 N–H and O–H groups in total. The Balaban J connectivity index is 1.56. The molecule has 25 heavy (non-hydrogen) atoms. The molecule has 1 atom stereocenters. The molecule has 0 bridgehead atoms. The molecule has 0 amide bonds. The van der Waals surface area contributed by atoms with E-state index in [1.165, 1.54) is 16.8 Å². The maximum Gasteiger partial charge on any atom is 0.130 e. The van der Waals surface area contributed by atoms with Crippen molar-refractivity contribution in [3.63, 3.8) is 0 Å². The molecule has 1 aliphatic rings. The van der Waals surface area contributed by atoms with Crippen molar-refractivity contribution in [1.29, 1.82) is 0 Å². The zero-order valence-electron chi connectivity index (χ0n) is 15.4. The number of carbonyl (C=O) groups is 1. The zero-order valence-corrected chi connectivity index (χ0v) is 15.4. The van der Waals surface area contributed by atoms with Crippen LogP contribution in [-0.4, -0.2) is 25.5 Å². The number of nitrogens with zero attached hydrogens (tertiary/aromatic N) is 1. The second kappa shape index (κ2) is 7.73. The largest absolute Gasteiger partial charge is 0.494 e. The van der Waals surface area contributed by atoms with Gasteiger partial charge in [-0.05, 0) is 55.2 Å². The van der Waals surface area contributed by atoms with Crippen LogP contribution in [0.1, 0.15) is 50.2 Å². The van der Waals surface area contributed by atoms with Gasteiger partial charge in [-0.15, -0.1) is 0 Å². The van der Waals surface area contributed by atoms with E-state index >= 15 is 0 Å². The molecule has 1 aliphatic heterocycles. The first kappa shape index (κ1) is 17.5. The number of Topliss-reactive ketones (excluding diaryl/α,β-unsaturated/α-hetero) is 1. The van der Waals surface area contributed by atoms with Gasteiger partial charge in [0.05, 0.1) is 6.61 Å². The third kappa shape index (κ3) is 4.22. The fourth-order valence-electron chi connectivity index (χ4n) is 3.47. The van der Waals surface area contributed by atoms with E-state index in [0.717, 1.165) is 18.8 Å². The Hall–Kier alpha value is -2.29. The Labute approximate surface area is 150 Å². The predicted octanol–water partition coefficient (Wildman–Crippen LogP) is 4.77. The molecule has 1 saturated heterocycles. The van der Waals surface area contributed by atoms with E-state index in [4.69, 9.17) is 4.74 Å². The number of carbonyl (C=O) groups excluding carboxylic acids is 1. The minimum Gasteiger partial charge on any atom is -0.494 e. The van der Waals surface area contributed by atoms with Gasteiger partial charge in [-0.25, -0.2) is 0 Å². The normalized spacial score (nSPS) is 15.6. The summed E-state index contributed by atoms with van der Waals surface area (Å²) in [5.41, 5.74) is 3.90. The highest BCUT2D eigenvalue weighted by Gasteiger charge is 2.28. The molecule has 0 saturated carbocycles. The molecule has 0 aromatic heterocycles. The van der Waals surface area contributed by atoms with Crippen molar-refractivity contribution >= 4 is 11.5 Å². The number of hydrogen-bond donors (Lipinski definition) is 0. The second-order valence-corrected chi connectivity index (χ2v) is 7.00. The second-order valence-electron chi connectivity index (χ2n) is 7.00. The van der Waals surface area contributed by atoms with Crippen LogP contribution in [0.3, 0.4) is 0 Å². The average Bonchev–Trinajstić information content (AvgIpc) is 2.55. The molecule has 1 unspecified atom stereocenters. The summed E-state index contributed by atoms with van der Waals surface area (Å²) in [6, 6.07) is 17.2. The van der Waals surface area contributed by atoms with Crippen LogP contribution in [-0.2, 0) is 4.79 Å². The van der Waals surface area contributed by atoms with Gasteiger partial charge in [-0.2, -0.15) is 0 Å². The van der Waals surface area contributed by atoms with Crippen LogP contribution < -0.4 is 9.64 Å². The topological polar surface area (TPSA) is 29.5 Å². The lowest BCUT2D eigenvalue weighted by molar-refractivity contribution is -0.117. The fourth-order valence-corrected chi connectivity index (χ4v) is 3.47. The molecule has 2 aromatic carbocycles. The van der Waals surface area contributed by atoms with Crippen LogP contribution in [0.15, 0.2) is 48.5 Å². The maximum atomic E-state index is 11.3. The van der Waals surface area contributed by atoms with Gasteiger partial charge in [0, 0.05) is 31.1 Å². The predicted molar refractivity (Wildman–Crippen MR) is 103 cm³/mol. The van der Waals surface area contributed by atoms with Gasteiger partial charge in [0.1, 0.15) is 11.5 Å². The molecular weight excluding hydrogens is 310 g/mol. The number of ether oxygens (including phenoxy) is 1. The fraction of sp³-hybridized carbons (Fsp3) is 0.409. The van der Waals surface area contributed by atoms with Crippen molar-refractivity contribution in [1.82, 2.24) is 0 Å². The van der Waals surface area contributed by atoms with Crippen molar-refractivity contribution in [3.05, 3.63) is 59.7 Å². The summed E-state index contributed by atoms with van der Waals surface area (Å²) < 4.78 is 5.50. The summed E-state index contributed by atoms with van der Waals surface area (Å²) in [5, 5.41) is 0. The SMILES string of the molecule is CCOc1ccc(N2CC(c3ccc(C(C)CC(C)=O)cc3)C2)cc1. The lowest BCUT2D eigenvalue weighted by Crippen LogP contribution is -2.45. The van der Waals surface area contributed by atoms with E-state index in [2.05, 4.69) is 48.2 Å². The first-order valence-corrected chi connectivity index (χ1v) is 9.14. The van der Waals surface area contributed by atoms with Crippen molar-refractivity contribution in [2.45, 2.75) is 39.0 Å². The van der Waals surface area contributed by atoms with Crippen molar-refractivity contribution in [3.8, 4) is 5.75 Å². The van der Waals surface area contributed by atoms with Crippen molar-refractivity contribution < 1.29 is 9.53 Å². The number of benzene rings is 2. The van der Waals surface area contributed by atoms with E-state index in [1.807, 2.05) is 19.1 Å². The molecular formula is C22H27NO2. The van der Waals surface area contributed by atoms with Gasteiger partial charge < -0.3 is 14.4 Å². The molecule has 0 radical (unpaired) electrons. The summed E-state index contributed by atoms with van der Waals surface area (Å²) >= 11 is 0. The highest BCUT2D eigenvalue weighted by Crippen LogP contribution is 2.33. The lowest BCUT2D eigenvalue weighted by Gasteiger charge is -2.41. The lowest BCUT2D eigenvalue weighted by atomic mass is 9.88. The summed E-state index contributed by atoms with van der Waals surface area (Å²) in [6.45, 7) is 8.58. The van der Waals surface area contributed by atoms with Gasteiger partial charge in [-0.3, -0.25) is 0 Å². The number of rotatable bonds is 7. The van der Waals surface area contributed by atoms with Crippen molar-refractivity contribution in [2.24, 2.45) is 0 Å². The summed E-state index contributed by atoms with van der Waals surface area (Å²) in [4.78, 5) is 13.7. The van der Waals surface area contributed by atoms with Crippen molar-refractivity contribution in [2.75, 3.05) is 24.6 Å². The maximum absolute atomic E-state index is 11.3. The quantitative estimate of drug-likeness (QED) is 0.729. The summed E-state index contributed by atoms with van der Waals surface area (Å²) in [6.07, 6.45) is 0.619. The molecule has 0 aliphatic carbocycles. The van der Waals surface area contributed by atoms with E-state index in [0.29, 0.717) is 24.9 Å². The molecule has 1 heterocycles. The minimum absolute atomic E-state index is 0.251. The summed E-state index contributed by atoms with van der Waals surface area (Å²) in [7, 11) is 0. The molecule has 2 aromatic rings. The third-order valence-electron chi connectivity index (χ3n) is 4.96. The van der Waals surface area contributed by atoms with Crippen LogP contribution in [0.2, 0.25) is 0 Å². The smallest absolute Gasteiger partial charge is 0.130 e. The highest BCUT2D eigenvalue weighted by molar-refractivity contribution is 5.76. The first-order valence-electron chi connectivity index (χ1n) is 9.14. The van der Waals surface area contributed by atoms with Crippen LogP contribution in [0, 0.1) is 0 Å². The molecule has 3 rings (SSSR count). The standard InChI is InChI=1S/C22H27NO2/c1-4-25-22-11-9-21(10-12-22)23-14-20(15-23)19-7-5-18(6-8-19)16(2)13-17(3)24/h5-12,16,20H,4,13-15H2,1-3H3. The van der Waals surface area contributed by atoms with E-state index in [-0.39, 0.29) is 5.78 Å². The Morgan fingerprint density at radius 2 is 1.76 bits per heavy atom. The van der Waals surface area contributed by atoms with Gasteiger partial charge in [0.25, 0.3) is 0 Å². The first-order chi connectivity index (χ1) is 12.1. The van der Waals surface area contributed by atoms with Gasteiger partial charge in [0.2, 0.25) is 0 Å². The minimum atomic E-state index is 0.251. The average molecular weight is 337 g/mol. The Morgan fingerprint density at radius 3 is 2.32 bits per heavy atom. The Kier molecular flexibility index (Phi) is 5.42. The molecule has 1 fully saturated rings. The van der Waals surface area contributed by atoms with Gasteiger partial charge >= 0.3 is 0 Å². The van der Waals surface area contributed by atoms with Gasteiger partial charge in [-0.1, -0.05) is 31.2 Å². The van der Waals surface area contributed by atoms with E-state index < -0.39 is 0 Å².